The zero-order valence-electron chi connectivity index (χ0n) is 19.8. The zero-order chi connectivity index (χ0) is 23.8. The van der Waals surface area contributed by atoms with Gasteiger partial charge >= 0.3 is 0 Å². The van der Waals surface area contributed by atoms with E-state index in [4.69, 9.17) is 0 Å². The number of benzene rings is 1. The van der Waals surface area contributed by atoms with Crippen molar-refractivity contribution in [3.8, 4) is 0 Å². The third-order valence-electron chi connectivity index (χ3n) is 6.77. The molecule has 5 rings (SSSR count). The number of hydrogen-bond donors (Lipinski definition) is 1. The lowest BCUT2D eigenvalue weighted by Gasteiger charge is -2.17. The molecule has 1 aromatic carbocycles. The quantitative estimate of drug-likeness (QED) is 0.460. The molecule has 1 aliphatic rings. The van der Waals surface area contributed by atoms with Crippen molar-refractivity contribution in [1.82, 2.24) is 24.6 Å². The molecule has 0 spiro atoms. The number of fused-ring (bicyclic) bond motifs is 3. The summed E-state index contributed by atoms with van der Waals surface area (Å²) in [5.74, 6) is 0.424. The van der Waals surface area contributed by atoms with E-state index in [0.717, 1.165) is 46.6 Å². The van der Waals surface area contributed by atoms with Crippen LogP contribution in [-0.2, 0) is 37.3 Å². The van der Waals surface area contributed by atoms with Crippen molar-refractivity contribution >= 4 is 27.5 Å². The van der Waals surface area contributed by atoms with Crippen LogP contribution >= 0.6 is 11.3 Å². The number of hydrogen-bond acceptors (Lipinski definition) is 5. The highest BCUT2D eigenvalue weighted by Crippen LogP contribution is 2.35. The summed E-state index contributed by atoms with van der Waals surface area (Å²) in [4.78, 5) is 32.5. The molecule has 176 valence electrons. The minimum Gasteiger partial charge on any atom is -0.350 e. The molecule has 8 heteroatoms. The number of carbonyl (C=O) groups is 1. The Morgan fingerprint density at radius 3 is 2.82 bits per heavy atom. The third-order valence-corrected chi connectivity index (χ3v) is 7.93. The monoisotopic (exact) mass is 475 g/mol. The molecule has 1 N–H and O–H groups in total. The summed E-state index contributed by atoms with van der Waals surface area (Å²) in [7, 11) is 0. The Hall–Kier alpha value is -3.26. The van der Waals surface area contributed by atoms with E-state index in [-0.39, 0.29) is 18.0 Å². The molecule has 4 aromatic rings. The van der Waals surface area contributed by atoms with Crippen molar-refractivity contribution in [3.05, 3.63) is 80.0 Å². The molecule has 3 heterocycles. The molecular weight excluding hydrogens is 446 g/mol. The highest BCUT2D eigenvalue weighted by molar-refractivity contribution is 7.18. The van der Waals surface area contributed by atoms with Crippen molar-refractivity contribution in [2.24, 2.45) is 5.92 Å². The molecule has 3 aromatic heterocycles. The Bertz CT molecular complexity index is 1420. The minimum absolute atomic E-state index is 0.0426. The number of nitrogens with zero attached hydrogens (tertiary/aromatic N) is 4. The average Bonchev–Trinajstić information content (AvgIpc) is 3.31. The lowest BCUT2D eigenvalue weighted by atomic mass is 9.89. The maximum absolute atomic E-state index is 13.2. The molecule has 1 unspecified atom stereocenters. The van der Waals surface area contributed by atoms with Crippen molar-refractivity contribution < 1.29 is 4.79 Å². The van der Waals surface area contributed by atoms with E-state index in [1.807, 2.05) is 36.7 Å². The summed E-state index contributed by atoms with van der Waals surface area (Å²) in [5.41, 5.74) is 5.13. The van der Waals surface area contributed by atoms with Gasteiger partial charge in [-0.2, -0.15) is 5.10 Å². The zero-order valence-corrected chi connectivity index (χ0v) is 20.6. The fourth-order valence-electron chi connectivity index (χ4n) is 4.78. The van der Waals surface area contributed by atoms with Crippen LogP contribution in [-0.4, -0.2) is 25.2 Å². The van der Waals surface area contributed by atoms with E-state index >= 15 is 0 Å². The first-order chi connectivity index (χ1) is 16.4. The summed E-state index contributed by atoms with van der Waals surface area (Å²) in [6.07, 6.45) is 4.51. The largest absolute Gasteiger partial charge is 0.350 e. The van der Waals surface area contributed by atoms with Crippen molar-refractivity contribution in [2.75, 3.05) is 0 Å². The van der Waals surface area contributed by atoms with Gasteiger partial charge in [0.25, 0.3) is 5.56 Å². The van der Waals surface area contributed by atoms with Crippen molar-refractivity contribution in [2.45, 2.75) is 59.7 Å². The standard InChI is InChI=1S/C26H29N5O2S/c1-16-9-10-20-22(11-16)34-25-24(20)26(33)30(15-28-25)14-23(32)27-12-21-17(2)29-31(18(21)3)13-19-7-5-4-6-8-19/h4-8,15-16H,9-14H2,1-3H3,(H,27,32). The lowest BCUT2D eigenvalue weighted by molar-refractivity contribution is -0.121. The first kappa shape index (κ1) is 22.5. The third kappa shape index (κ3) is 4.30. The van der Waals surface area contributed by atoms with E-state index in [1.165, 1.54) is 21.3 Å². The SMILES string of the molecule is Cc1nn(Cc2ccccc2)c(C)c1CNC(=O)Cn1cnc2sc3c(c2c1=O)CCC(C)C3. The Labute approximate surface area is 202 Å². The number of nitrogens with one attached hydrogen (secondary N) is 1. The molecule has 0 fully saturated rings. The molecule has 0 radical (unpaired) electrons. The molecule has 1 amide bonds. The molecule has 1 aliphatic carbocycles. The van der Waals surface area contributed by atoms with Crippen molar-refractivity contribution in [3.63, 3.8) is 0 Å². The van der Waals surface area contributed by atoms with Crippen LogP contribution in [0.25, 0.3) is 10.2 Å². The summed E-state index contributed by atoms with van der Waals surface area (Å²) >= 11 is 1.62. The molecule has 7 nitrogen and oxygen atoms in total. The van der Waals surface area contributed by atoms with Crippen molar-refractivity contribution in [1.29, 1.82) is 0 Å². The summed E-state index contributed by atoms with van der Waals surface area (Å²) in [6.45, 7) is 7.25. The van der Waals surface area contributed by atoms with E-state index in [1.54, 1.807) is 11.3 Å². The number of amides is 1. The Kier molecular flexibility index (Phi) is 6.08. The van der Waals surface area contributed by atoms with Gasteiger partial charge in [0, 0.05) is 22.7 Å². The Balaban J connectivity index is 1.29. The number of carbonyl (C=O) groups excluding carboxylic acids is 1. The maximum Gasteiger partial charge on any atom is 0.262 e. The molecule has 0 bridgehead atoms. The van der Waals surface area contributed by atoms with Crippen LogP contribution in [0.5, 0.6) is 0 Å². The summed E-state index contributed by atoms with van der Waals surface area (Å²) in [5, 5.41) is 8.33. The molecule has 0 saturated heterocycles. The second kappa shape index (κ2) is 9.18. The van der Waals surface area contributed by atoms with Crippen LogP contribution < -0.4 is 10.9 Å². The summed E-state index contributed by atoms with van der Waals surface area (Å²) in [6, 6.07) is 10.2. The van der Waals surface area contributed by atoms with E-state index < -0.39 is 0 Å². The van der Waals surface area contributed by atoms with Gasteiger partial charge in [0.05, 0.1) is 24.0 Å². The Morgan fingerprint density at radius 1 is 1.24 bits per heavy atom. The second-order valence-electron chi connectivity index (χ2n) is 9.28. The van der Waals surface area contributed by atoms with Gasteiger partial charge in [-0.3, -0.25) is 18.8 Å². The predicted molar refractivity (Wildman–Crippen MR) is 134 cm³/mol. The van der Waals surface area contributed by atoms with Crippen LogP contribution in [0.15, 0.2) is 41.5 Å². The highest BCUT2D eigenvalue weighted by atomic mass is 32.1. The second-order valence-corrected chi connectivity index (χ2v) is 10.4. The number of aromatic nitrogens is 4. The molecule has 0 aliphatic heterocycles. The fraction of sp³-hybridized carbons (Fsp3) is 0.385. The topological polar surface area (TPSA) is 81.8 Å². The van der Waals surface area contributed by atoms with E-state index in [2.05, 4.69) is 34.5 Å². The number of rotatable bonds is 6. The molecule has 1 atom stereocenters. The van der Waals surface area contributed by atoms with Gasteiger partial charge in [0.2, 0.25) is 5.91 Å². The van der Waals surface area contributed by atoms with Gasteiger partial charge in [-0.15, -0.1) is 11.3 Å². The van der Waals surface area contributed by atoms with Gasteiger partial charge in [0.15, 0.2) is 0 Å². The van der Waals surface area contributed by atoms with Crippen LogP contribution in [0, 0.1) is 19.8 Å². The van der Waals surface area contributed by atoms with E-state index in [9.17, 15) is 9.59 Å². The molecule has 0 saturated carbocycles. The number of thiophene rings is 1. The predicted octanol–water partition coefficient (Wildman–Crippen LogP) is 3.76. The van der Waals surface area contributed by atoms with Gasteiger partial charge < -0.3 is 5.32 Å². The van der Waals surface area contributed by atoms with Crippen LogP contribution in [0.4, 0.5) is 0 Å². The Morgan fingerprint density at radius 2 is 2.03 bits per heavy atom. The van der Waals surface area contributed by atoms with Gasteiger partial charge in [-0.1, -0.05) is 37.3 Å². The average molecular weight is 476 g/mol. The van der Waals surface area contributed by atoms with Crippen LogP contribution in [0.3, 0.4) is 0 Å². The van der Waals surface area contributed by atoms with Crippen LogP contribution in [0.1, 0.15) is 46.3 Å². The minimum atomic E-state index is -0.212. The first-order valence-electron chi connectivity index (χ1n) is 11.7. The fourth-order valence-corrected chi connectivity index (χ4v) is 6.12. The first-order valence-corrected chi connectivity index (χ1v) is 12.6. The van der Waals surface area contributed by atoms with Crippen LogP contribution in [0.2, 0.25) is 0 Å². The van der Waals surface area contributed by atoms with Gasteiger partial charge in [-0.05, 0) is 50.2 Å². The van der Waals surface area contributed by atoms with E-state index in [0.29, 0.717) is 24.4 Å². The number of aryl methyl sites for hydroxylation is 2. The molecular formula is C26H29N5O2S. The summed E-state index contributed by atoms with van der Waals surface area (Å²) < 4.78 is 3.40. The lowest BCUT2D eigenvalue weighted by Crippen LogP contribution is -2.32. The van der Waals surface area contributed by atoms with Gasteiger partial charge in [0.1, 0.15) is 11.4 Å². The molecule has 34 heavy (non-hydrogen) atoms. The van der Waals surface area contributed by atoms with Gasteiger partial charge in [-0.25, -0.2) is 4.98 Å². The smallest absolute Gasteiger partial charge is 0.262 e. The highest BCUT2D eigenvalue weighted by Gasteiger charge is 2.23. The normalized spacial score (nSPS) is 15.4. The maximum atomic E-state index is 13.2.